The maximum Gasteiger partial charge on any atom is 0.208 e. The van der Waals surface area contributed by atoms with Crippen LogP contribution in [-0.2, 0) is 10.0 Å². The van der Waals surface area contributed by atoms with Gasteiger partial charge in [-0.15, -0.1) is 0 Å². The van der Waals surface area contributed by atoms with E-state index in [1.807, 2.05) is 49.2 Å². The molecular formula is C11H18N2O2S. The third-order valence-corrected chi connectivity index (χ3v) is 3.16. The van der Waals surface area contributed by atoms with Crippen LogP contribution in [0.1, 0.15) is 6.92 Å². The van der Waals surface area contributed by atoms with E-state index in [0.717, 1.165) is 5.69 Å². The van der Waals surface area contributed by atoms with Gasteiger partial charge in [0.1, 0.15) is 0 Å². The lowest BCUT2D eigenvalue weighted by atomic mass is 10.2. The summed E-state index contributed by atoms with van der Waals surface area (Å²) in [6.07, 6.45) is 1.17. The molecule has 1 rings (SSSR count). The fraction of sp³-hybridized carbons (Fsp3) is 0.455. The highest BCUT2D eigenvalue weighted by Gasteiger charge is 2.11. The highest BCUT2D eigenvalue weighted by atomic mass is 32.2. The lowest BCUT2D eigenvalue weighted by molar-refractivity contribution is 0.576. The second-order valence-corrected chi connectivity index (χ2v) is 5.75. The fourth-order valence-electron chi connectivity index (χ4n) is 1.33. The molecule has 0 fully saturated rings. The normalized spacial score (nSPS) is 13.4. The zero-order valence-corrected chi connectivity index (χ0v) is 10.7. The van der Waals surface area contributed by atoms with Crippen LogP contribution >= 0.6 is 0 Å². The third-order valence-electron chi connectivity index (χ3n) is 2.47. The molecule has 1 aromatic rings. The number of likely N-dealkylation sites (N-methyl/N-ethyl adjacent to an activating group) is 1. The standard InChI is InChI=1S/C11H18N2O2S/c1-10(9-12-16(3,14)15)13(2)11-7-5-4-6-8-11/h4-8,10,12H,9H2,1-3H3/t10-/m0/s1. The predicted octanol–water partition coefficient (Wildman–Crippen LogP) is 1.06. The molecule has 1 aromatic carbocycles. The van der Waals surface area contributed by atoms with Crippen molar-refractivity contribution in [3.8, 4) is 0 Å². The number of rotatable bonds is 5. The lowest BCUT2D eigenvalue weighted by Gasteiger charge is -2.26. The number of hydrogen-bond acceptors (Lipinski definition) is 3. The van der Waals surface area contributed by atoms with Gasteiger partial charge in [0.2, 0.25) is 10.0 Å². The number of nitrogens with one attached hydrogen (secondary N) is 1. The summed E-state index contributed by atoms with van der Waals surface area (Å²) in [6, 6.07) is 9.98. The Morgan fingerprint density at radius 3 is 2.38 bits per heavy atom. The van der Waals surface area contributed by atoms with Crippen molar-refractivity contribution in [1.29, 1.82) is 0 Å². The molecule has 0 radical (unpaired) electrons. The summed E-state index contributed by atoms with van der Waals surface area (Å²) in [5, 5.41) is 0. The summed E-state index contributed by atoms with van der Waals surface area (Å²) in [4.78, 5) is 2.04. The van der Waals surface area contributed by atoms with Gasteiger partial charge in [-0.25, -0.2) is 13.1 Å². The van der Waals surface area contributed by atoms with Crippen molar-refractivity contribution in [2.75, 3.05) is 24.7 Å². The van der Waals surface area contributed by atoms with Crippen molar-refractivity contribution >= 4 is 15.7 Å². The molecule has 16 heavy (non-hydrogen) atoms. The zero-order valence-electron chi connectivity index (χ0n) is 9.84. The molecule has 0 aliphatic heterocycles. The van der Waals surface area contributed by atoms with Gasteiger partial charge in [0, 0.05) is 25.3 Å². The van der Waals surface area contributed by atoms with Gasteiger partial charge in [0.05, 0.1) is 6.26 Å². The average Bonchev–Trinajstić information content (AvgIpc) is 2.25. The van der Waals surface area contributed by atoms with E-state index in [9.17, 15) is 8.42 Å². The molecular weight excluding hydrogens is 224 g/mol. The first-order chi connectivity index (χ1) is 7.40. The van der Waals surface area contributed by atoms with Gasteiger partial charge >= 0.3 is 0 Å². The van der Waals surface area contributed by atoms with Crippen molar-refractivity contribution in [2.45, 2.75) is 13.0 Å². The molecule has 0 saturated carbocycles. The Kier molecular flexibility index (Phi) is 4.32. The van der Waals surface area contributed by atoms with Crippen LogP contribution in [-0.4, -0.2) is 34.3 Å². The third kappa shape index (κ3) is 4.20. The van der Waals surface area contributed by atoms with Gasteiger partial charge in [-0.05, 0) is 19.1 Å². The smallest absolute Gasteiger partial charge is 0.208 e. The van der Waals surface area contributed by atoms with Crippen LogP contribution in [0.15, 0.2) is 30.3 Å². The first-order valence-electron chi connectivity index (χ1n) is 5.12. The molecule has 0 saturated heterocycles. The molecule has 1 atom stereocenters. The largest absolute Gasteiger partial charge is 0.371 e. The Bertz CT molecular complexity index is 417. The molecule has 0 spiro atoms. The Labute approximate surface area is 97.3 Å². The summed E-state index contributed by atoms with van der Waals surface area (Å²) < 4.78 is 24.4. The van der Waals surface area contributed by atoms with E-state index >= 15 is 0 Å². The van der Waals surface area contributed by atoms with E-state index in [0.29, 0.717) is 6.54 Å². The van der Waals surface area contributed by atoms with Gasteiger partial charge in [-0.2, -0.15) is 0 Å². The van der Waals surface area contributed by atoms with Crippen LogP contribution < -0.4 is 9.62 Å². The highest BCUT2D eigenvalue weighted by Crippen LogP contribution is 2.13. The first-order valence-corrected chi connectivity index (χ1v) is 7.02. The van der Waals surface area contributed by atoms with E-state index in [1.165, 1.54) is 6.26 Å². The topological polar surface area (TPSA) is 49.4 Å². The van der Waals surface area contributed by atoms with E-state index in [-0.39, 0.29) is 6.04 Å². The maximum atomic E-state index is 11.0. The van der Waals surface area contributed by atoms with Crippen LogP contribution in [0.25, 0.3) is 0 Å². The molecule has 0 bridgehead atoms. The summed E-state index contributed by atoms with van der Waals surface area (Å²) >= 11 is 0. The van der Waals surface area contributed by atoms with E-state index in [2.05, 4.69) is 4.72 Å². The molecule has 0 aliphatic rings. The second kappa shape index (κ2) is 5.32. The van der Waals surface area contributed by atoms with Crippen molar-refractivity contribution < 1.29 is 8.42 Å². The molecule has 0 aromatic heterocycles. The van der Waals surface area contributed by atoms with Gasteiger partial charge < -0.3 is 4.90 Å². The fourth-order valence-corrected chi connectivity index (χ4v) is 1.87. The van der Waals surface area contributed by atoms with Crippen molar-refractivity contribution in [3.05, 3.63) is 30.3 Å². The Morgan fingerprint density at radius 1 is 1.31 bits per heavy atom. The van der Waals surface area contributed by atoms with Crippen LogP contribution in [0.2, 0.25) is 0 Å². The molecule has 0 unspecified atom stereocenters. The van der Waals surface area contributed by atoms with E-state index in [1.54, 1.807) is 0 Å². The maximum absolute atomic E-state index is 11.0. The zero-order chi connectivity index (χ0) is 12.2. The molecule has 0 aliphatic carbocycles. The van der Waals surface area contributed by atoms with Crippen molar-refractivity contribution in [3.63, 3.8) is 0 Å². The molecule has 0 heterocycles. The minimum absolute atomic E-state index is 0.108. The Morgan fingerprint density at radius 2 is 1.88 bits per heavy atom. The van der Waals surface area contributed by atoms with Crippen LogP contribution in [0, 0.1) is 0 Å². The number of benzene rings is 1. The first kappa shape index (κ1) is 13.0. The number of para-hydroxylation sites is 1. The van der Waals surface area contributed by atoms with Gasteiger partial charge in [-0.1, -0.05) is 18.2 Å². The van der Waals surface area contributed by atoms with E-state index < -0.39 is 10.0 Å². The number of anilines is 1. The molecule has 4 nitrogen and oxygen atoms in total. The van der Waals surface area contributed by atoms with Gasteiger partial charge in [0.15, 0.2) is 0 Å². The SMILES string of the molecule is C[C@@H](CNS(C)(=O)=O)N(C)c1ccccc1. The highest BCUT2D eigenvalue weighted by molar-refractivity contribution is 7.88. The van der Waals surface area contributed by atoms with Crippen LogP contribution in [0.3, 0.4) is 0 Å². The molecule has 90 valence electrons. The minimum atomic E-state index is -3.11. The van der Waals surface area contributed by atoms with Crippen LogP contribution in [0.5, 0.6) is 0 Å². The number of nitrogens with zero attached hydrogens (tertiary/aromatic N) is 1. The lowest BCUT2D eigenvalue weighted by Crippen LogP contribution is -2.39. The Hall–Kier alpha value is -1.07. The second-order valence-electron chi connectivity index (χ2n) is 3.92. The molecule has 0 amide bonds. The number of sulfonamides is 1. The monoisotopic (exact) mass is 242 g/mol. The van der Waals surface area contributed by atoms with E-state index in [4.69, 9.17) is 0 Å². The molecule has 5 heteroatoms. The minimum Gasteiger partial charge on any atom is -0.371 e. The summed E-state index contributed by atoms with van der Waals surface area (Å²) in [5.41, 5.74) is 1.07. The quantitative estimate of drug-likeness (QED) is 0.840. The summed E-state index contributed by atoms with van der Waals surface area (Å²) in [7, 11) is -1.16. The van der Waals surface area contributed by atoms with Gasteiger partial charge in [0.25, 0.3) is 0 Å². The molecule has 1 N–H and O–H groups in total. The summed E-state index contributed by atoms with van der Waals surface area (Å²) in [6.45, 7) is 2.38. The summed E-state index contributed by atoms with van der Waals surface area (Å²) in [5.74, 6) is 0. The number of hydrogen-bond donors (Lipinski definition) is 1. The Balaban J connectivity index is 2.58. The van der Waals surface area contributed by atoms with Crippen LogP contribution in [0.4, 0.5) is 5.69 Å². The predicted molar refractivity (Wildman–Crippen MR) is 67.2 cm³/mol. The van der Waals surface area contributed by atoms with Crippen molar-refractivity contribution in [2.24, 2.45) is 0 Å². The average molecular weight is 242 g/mol. The van der Waals surface area contributed by atoms with Crippen molar-refractivity contribution in [1.82, 2.24) is 4.72 Å². The van der Waals surface area contributed by atoms with Gasteiger partial charge in [-0.3, -0.25) is 0 Å².